The topological polar surface area (TPSA) is 102 Å². The number of carbonyl (C=O) groups is 2. The summed E-state index contributed by atoms with van der Waals surface area (Å²) in [6.45, 7) is 5.00. The number of nitrogens with one attached hydrogen (secondary N) is 2. The fourth-order valence-electron chi connectivity index (χ4n) is 2.36. The monoisotopic (exact) mass is 323 g/mol. The summed E-state index contributed by atoms with van der Waals surface area (Å²) < 4.78 is 12.9. The van der Waals surface area contributed by atoms with E-state index in [2.05, 4.69) is 11.9 Å². The van der Waals surface area contributed by atoms with Crippen molar-refractivity contribution in [2.45, 2.75) is 18.9 Å². The molecule has 0 atom stereocenters. The van der Waals surface area contributed by atoms with Gasteiger partial charge in [0, 0.05) is 31.6 Å². The van der Waals surface area contributed by atoms with Gasteiger partial charge < -0.3 is 29.8 Å². The number of carboxylic acid groups (broad SMARTS) is 1. The van der Waals surface area contributed by atoms with E-state index in [-0.39, 0.29) is 12.6 Å². The van der Waals surface area contributed by atoms with Crippen molar-refractivity contribution in [2.24, 2.45) is 0 Å². The van der Waals surface area contributed by atoms with E-state index in [1.54, 1.807) is 12.3 Å². The fraction of sp³-hybridized carbons (Fsp3) is 0.467. The number of ether oxygens (including phenoxy) is 2. The van der Waals surface area contributed by atoms with Gasteiger partial charge in [0.2, 0.25) is 5.91 Å². The van der Waals surface area contributed by atoms with Crippen molar-refractivity contribution in [3.63, 3.8) is 0 Å². The van der Waals surface area contributed by atoms with Gasteiger partial charge in [0.1, 0.15) is 18.8 Å². The van der Waals surface area contributed by atoms with Crippen molar-refractivity contribution in [2.75, 3.05) is 31.7 Å². The van der Waals surface area contributed by atoms with E-state index in [0.29, 0.717) is 31.3 Å². The second-order valence-corrected chi connectivity index (χ2v) is 5.13. The first-order chi connectivity index (χ1) is 11.1. The molecule has 8 nitrogen and oxygen atoms in total. The maximum absolute atomic E-state index is 11.8. The molecule has 1 aromatic heterocycles. The lowest BCUT2D eigenvalue weighted by molar-refractivity contribution is -0.115. The molecule has 1 aliphatic heterocycles. The number of nitrogens with zero attached hydrogens (tertiary/aromatic N) is 1. The highest BCUT2D eigenvalue weighted by atomic mass is 16.5. The smallest absolute Gasteiger partial charge is 0.405 e. The fourth-order valence-corrected chi connectivity index (χ4v) is 2.36. The van der Waals surface area contributed by atoms with Crippen LogP contribution in [0.5, 0.6) is 5.75 Å². The van der Waals surface area contributed by atoms with E-state index < -0.39 is 12.0 Å². The van der Waals surface area contributed by atoms with Crippen molar-refractivity contribution in [3.8, 4) is 5.75 Å². The third-order valence-electron chi connectivity index (χ3n) is 3.45. The van der Waals surface area contributed by atoms with Crippen molar-refractivity contribution >= 4 is 17.7 Å². The van der Waals surface area contributed by atoms with Crippen LogP contribution in [0.3, 0.4) is 0 Å². The van der Waals surface area contributed by atoms with Gasteiger partial charge in [0.15, 0.2) is 5.75 Å². The first-order valence-corrected chi connectivity index (χ1v) is 7.39. The van der Waals surface area contributed by atoms with Crippen molar-refractivity contribution in [1.82, 2.24) is 9.88 Å². The molecule has 126 valence electrons. The van der Waals surface area contributed by atoms with E-state index in [9.17, 15) is 9.59 Å². The Bertz CT molecular complexity index is 563. The molecule has 1 aromatic rings. The van der Waals surface area contributed by atoms with Crippen LogP contribution in [0.15, 0.2) is 25.0 Å². The van der Waals surface area contributed by atoms with Crippen molar-refractivity contribution in [3.05, 3.63) is 25.0 Å². The maximum Gasteiger partial charge on any atom is 0.405 e. The van der Waals surface area contributed by atoms with E-state index in [0.717, 1.165) is 12.8 Å². The van der Waals surface area contributed by atoms with Gasteiger partial charge in [0.05, 0.1) is 0 Å². The molecule has 0 unspecified atom stereocenters. The van der Waals surface area contributed by atoms with Gasteiger partial charge in [0.25, 0.3) is 0 Å². The Morgan fingerprint density at radius 2 is 2.17 bits per heavy atom. The van der Waals surface area contributed by atoms with Gasteiger partial charge in [-0.25, -0.2) is 4.79 Å². The number of aromatic nitrogens is 1. The van der Waals surface area contributed by atoms with Gasteiger partial charge in [-0.1, -0.05) is 12.7 Å². The molecule has 23 heavy (non-hydrogen) atoms. The molecule has 0 aromatic carbocycles. The Morgan fingerprint density at radius 3 is 2.83 bits per heavy atom. The molecule has 3 N–H and O–H groups in total. The molecule has 0 aliphatic carbocycles. The standard InChI is InChI=1S/C15H21N3O5/c1-2-5-23-13-10-18(11-3-6-22-7-4-11)9-12(13)17-14(19)8-16-15(20)21/h2,9-11,16H,1,3-8H2,(H,17,19)(H,20,21). The zero-order chi connectivity index (χ0) is 16.7. The van der Waals surface area contributed by atoms with Gasteiger partial charge in [-0.15, -0.1) is 0 Å². The lowest BCUT2D eigenvalue weighted by Gasteiger charge is -2.23. The minimum Gasteiger partial charge on any atom is -0.486 e. The SMILES string of the molecule is C=CCOc1cn(C2CCOCC2)cc1NC(=O)CNC(=O)O. The molecule has 1 saturated heterocycles. The molecule has 2 heterocycles. The van der Waals surface area contributed by atoms with Crippen LogP contribution in [0, 0.1) is 0 Å². The number of carbonyl (C=O) groups excluding carboxylic acids is 1. The molecular weight excluding hydrogens is 302 g/mol. The number of hydrogen-bond donors (Lipinski definition) is 3. The minimum absolute atomic E-state index is 0.289. The lowest BCUT2D eigenvalue weighted by Crippen LogP contribution is -2.31. The summed E-state index contributed by atoms with van der Waals surface area (Å²) in [7, 11) is 0. The largest absolute Gasteiger partial charge is 0.486 e. The predicted molar refractivity (Wildman–Crippen MR) is 83.9 cm³/mol. The zero-order valence-corrected chi connectivity index (χ0v) is 12.8. The average molecular weight is 323 g/mol. The second kappa shape index (κ2) is 8.23. The summed E-state index contributed by atoms with van der Waals surface area (Å²) in [5, 5.41) is 13.2. The molecule has 0 radical (unpaired) electrons. The molecule has 2 amide bonds. The van der Waals surface area contributed by atoms with Crippen LogP contribution in [0.2, 0.25) is 0 Å². The first-order valence-electron chi connectivity index (χ1n) is 7.39. The Morgan fingerprint density at radius 1 is 1.43 bits per heavy atom. The first kappa shape index (κ1) is 16.9. The number of anilines is 1. The van der Waals surface area contributed by atoms with Gasteiger partial charge in [-0.3, -0.25) is 4.79 Å². The van der Waals surface area contributed by atoms with Gasteiger partial charge in [-0.2, -0.15) is 0 Å². The lowest BCUT2D eigenvalue weighted by atomic mass is 10.1. The van der Waals surface area contributed by atoms with E-state index >= 15 is 0 Å². The summed E-state index contributed by atoms with van der Waals surface area (Å²) >= 11 is 0. The van der Waals surface area contributed by atoms with Crippen LogP contribution in [0.1, 0.15) is 18.9 Å². The summed E-state index contributed by atoms with van der Waals surface area (Å²) in [4.78, 5) is 22.2. The molecule has 0 bridgehead atoms. The quantitative estimate of drug-likeness (QED) is 0.662. The summed E-state index contributed by atoms with van der Waals surface area (Å²) in [6, 6.07) is 0.289. The third kappa shape index (κ3) is 5.03. The number of hydrogen-bond acceptors (Lipinski definition) is 4. The van der Waals surface area contributed by atoms with Crippen LogP contribution in [-0.4, -0.2) is 48.0 Å². The molecular formula is C15H21N3O5. The van der Waals surface area contributed by atoms with Crippen LogP contribution >= 0.6 is 0 Å². The van der Waals surface area contributed by atoms with Crippen molar-refractivity contribution in [1.29, 1.82) is 0 Å². The number of rotatable bonds is 7. The summed E-state index contributed by atoms with van der Waals surface area (Å²) in [5.74, 6) is 0.0700. The predicted octanol–water partition coefficient (Wildman–Crippen LogP) is 1.61. The molecule has 8 heteroatoms. The van der Waals surface area contributed by atoms with Crippen LogP contribution in [0.4, 0.5) is 10.5 Å². The van der Waals surface area contributed by atoms with Crippen LogP contribution in [-0.2, 0) is 9.53 Å². The van der Waals surface area contributed by atoms with Gasteiger partial charge >= 0.3 is 6.09 Å². The average Bonchev–Trinajstić information content (AvgIpc) is 2.94. The minimum atomic E-state index is -1.25. The van der Waals surface area contributed by atoms with E-state index in [1.807, 2.05) is 16.1 Å². The highest BCUT2D eigenvalue weighted by Gasteiger charge is 2.19. The normalized spacial score (nSPS) is 15.0. The molecule has 0 saturated carbocycles. The summed E-state index contributed by atoms with van der Waals surface area (Å²) in [6.07, 6.45) is 5.78. The second-order valence-electron chi connectivity index (χ2n) is 5.13. The Labute approximate surface area is 134 Å². The third-order valence-corrected chi connectivity index (χ3v) is 3.45. The van der Waals surface area contributed by atoms with E-state index in [1.165, 1.54) is 0 Å². The number of amides is 2. The van der Waals surface area contributed by atoms with Crippen molar-refractivity contribution < 1.29 is 24.2 Å². The molecule has 0 spiro atoms. The molecule has 2 rings (SSSR count). The van der Waals surface area contributed by atoms with Crippen LogP contribution in [0.25, 0.3) is 0 Å². The zero-order valence-electron chi connectivity index (χ0n) is 12.8. The van der Waals surface area contributed by atoms with Crippen LogP contribution < -0.4 is 15.4 Å². The Kier molecular flexibility index (Phi) is 6.04. The summed E-state index contributed by atoms with van der Waals surface area (Å²) in [5.41, 5.74) is 0.510. The van der Waals surface area contributed by atoms with Gasteiger partial charge in [-0.05, 0) is 12.8 Å². The Balaban J connectivity index is 2.08. The molecule has 1 fully saturated rings. The highest BCUT2D eigenvalue weighted by Crippen LogP contribution is 2.31. The highest BCUT2D eigenvalue weighted by molar-refractivity contribution is 5.94. The molecule has 1 aliphatic rings. The van der Waals surface area contributed by atoms with E-state index in [4.69, 9.17) is 14.6 Å². The Hall–Kier alpha value is -2.48. The maximum atomic E-state index is 11.8.